The third kappa shape index (κ3) is 12.3. The molecule has 396 valence electrons. The van der Waals surface area contributed by atoms with E-state index in [2.05, 4.69) is 33.3 Å². The minimum Gasteiger partial charge on any atom is -0.508 e. The fraction of sp³-hybridized carbons (Fsp3) is 0.320. The first kappa shape index (κ1) is 54.1. The molecule has 2 aliphatic carbocycles. The molecule has 4 heterocycles. The molecular weight excluding hydrogens is 1060 g/mol. The number of aryl methyl sites for hydroxylation is 2. The number of fused-ring (bicyclic) bond motifs is 2. The van der Waals surface area contributed by atoms with Crippen LogP contribution in [0.2, 0.25) is 15.3 Å². The number of phenols is 1. The van der Waals surface area contributed by atoms with Gasteiger partial charge >= 0.3 is 30.1 Å². The Labute approximate surface area is 436 Å². The van der Waals surface area contributed by atoms with Crippen molar-refractivity contribution in [2.45, 2.75) is 77.4 Å². The number of ether oxygens (including phenoxy) is 3. The second-order valence-electron chi connectivity index (χ2n) is 18.2. The number of rotatable bonds is 10. The van der Waals surface area contributed by atoms with Gasteiger partial charge in [-0.15, -0.1) is 26.3 Å². The minimum atomic E-state index is -4.87. The van der Waals surface area contributed by atoms with E-state index >= 15 is 0 Å². The van der Waals surface area contributed by atoms with Crippen LogP contribution in [-0.4, -0.2) is 55.2 Å². The van der Waals surface area contributed by atoms with E-state index in [4.69, 9.17) is 44.6 Å². The molecule has 8 aromatic rings. The predicted octanol–water partition coefficient (Wildman–Crippen LogP) is 10.8. The quantitative estimate of drug-likeness (QED) is 0.103. The zero-order chi connectivity index (χ0) is 54.3. The highest BCUT2D eigenvalue weighted by atomic mass is 35.5. The van der Waals surface area contributed by atoms with Crippen LogP contribution in [0.3, 0.4) is 0 Å². The Hall–Kier alpha value is -7.17. The Bertz CT molecular complexity index is 3630. The number of alkyl halides is 6. The van der Waals surface area contributed by atoms with Gasteiger partial charge in [0.05, 0.1) is 13.1 Å². The van der Waals surface area contributed by atoms with E-state index < -0.39 is 35.5 Å². The van der Waals surface area contributed by atoms with Crippen molar-refractivity contribution in [3.8, 4) is 29.0 Å². The normalized spacial score (nSPS) is 17.3. The van der Waals surface area contributed by atoms with Gasteiger partial charge in [-0.25, -0.2) is 9.59 Å². The number of aromatic nitrogens is 8. The topological polar surface area (TPSA) is 172 Å². The van der Waals surface area contributed by atoms with E-state index in [1.165, 1.54) is 54.1 Å². The van der Waals surface area contributed by atoms with Crippen LogP contribution in [0.25, 0.3) is 22.3 Å². The van der Waals surface area contributed by atoms with E-state index in [0.717, 1.165) is 48.2 Å². The standard InChI is InChI=1S/C25H22ClF3N4O4.C18H18Cl2N4O2.C7H5F3O2/c1-14-10-17(11-14)33-22(34)20-21(31(2)24(33)35)30-23(32(20)13-15-6-8-16(26)9-7-15)36-18-4-3-5-19(12-18)37-25(27,28)29;1-10-7-13(8-10)24-16(25)14-15(22(2)18(24)26)21-17(20)23(14)9-11-3-5-12(19)6-4-11;8-7(9,10)12-6-3-1-2-5(11)4-6/h3-9,12,14,17H,10-11,13H2,1-2H3;3-6,10,13H,7-9H2,1-2H3;1-4,11H. The number of imidazole rings is 2. The zero-order valence-electron chi connectivity index (χ0n) is 40.1. The summed E-state index contributed by atoms with van der Waals surface area (Å²) in [4.78, 5) is 61.2. The van der Waals surface area contributed by atoms with E-state index in [0.29, 0.717) is 52.4 Å². The molecule has 0 saturated heterocycles. The van der Waals surface area contributed by atoms with Gasteiger partial charge in [0.1, 0.15) is 23.0 Å². The second kappa shape index (κ2) is 21.6. The van der Waals surface area contributed by atoms with Gasteiger partial charge in [-0.2, -0.15) is 9.97 Å². The highest BCUT2D eigenvalue weighted by Gasteiger charge is 2.35. The smallest absolute Gasteiger partial charge is 0.508 e. The van der Waals surface area contributed by atoms with E-state index in [1.54, 1.807) is 48.0 Å². The SMILES string of the molecule is CC1CC(n2c(=O)c3c(nc(Cl)n3Cc3ccc(Cl)cc3)n(C)c2=O)C1.CC1CC(n2c(=O)c3c(nc(Oc4cccc(OC(F)(F)F)c4)n3Cc3ccc(Cl)cc3)n(C)c2=O)C1.Oc1cccc(OC(F)(F)F)c1. The molecule has 0 bridgehead atoms. The van der Waals surface area contributed by atoms with Gasteiger partial charge < -0.3 is 23.9 Å². The van der Waals surface area contributed by atoms with Crippen LogP contribution in [0.1, 0.15) is 62.7 Å². The predicted molar refractivity (Wildman–Crippen MR) is 267 cm³/mol. The van der Waals surface area contributed by atoms with Crippen LogP contribution < -0.4 is 36.7 Å². The monoisotopic (exact) mass is 1100 g/mol. The maximum absolute atomic E-state index is 13.7. The van der Waals surface area contributed by atoms with Crippen molar-refractivity contribution in [1.82, 2.24) is 37.4 Å². The fourth-order valence-electron chi connectivity index (χ4n) is 8.85. The average molecular weight is 1110 g/mol. The van der Waals surface area contributed by atoms with E-state index in [1.807, 2.05) is 12.1 Å². The first-order chi connectivity index (χ1) is 35.3. The highest BCUT2D eigenvalue weighted by molar-refractivity contribution is 6.31. The molecule has 16 nitrogen and oxygen atoms in total. The summed E-state index contributed by atoms with van der Waals surface area (Å²) in [6.07, 6.45) is -6.50. The molecule has 2 fully saturated rings. The summed E-state index contributed by atoms with van der Waals surface area (Å²) >= 11 is 18.3. The van der Waals surface area contributed by atoms with Gasteiger partial charge in [0.2, 0.25) is 5.28 Å². The van der Waals surface area contributed by atoms with Crippen LogP contribution in [0.4, 0.5) is 26.3 Å². The van der Waals surface area contributed by atoms with Crippen molar-refractivity contribution >= 4 is 57.1 Å². The first-order valence-electron chi connectivity index (χ1n) is 23.0. The Morgan fingerprint density at radius 3 is 1.45 bits per heavy atom. The molecule has 0 radical (unpaired) electrons. The van der Waals surface area contributed by atoms with Gasteiger partial charge in [0, 0.05) is 48.4 Å². The molecule has 1 N–H and O–H groups in total. The van der Waals surface area contributed by atoms with Crippen molar-refractivity contribution in [3.05, 3.63) is 165 Å². The van der Waals surface area contributed by atoms with Crippen LogP contribution in [0.15, 0.2) is 116 Å². The fourth-order valence-corrected chi connectivity index (χ4v) is 9.33. The third-order valence-corrected chi connectivity index (χ3v) is 13.3. The van der Waals surface area contributed by atoms with Crippen LogP contribution in [-0.2, 0) is 27.2 Å². The molecule has 0 amide bonds. The highest BCUT2D eigenvalue weighted by Crippen LogP contribution is 2.37. The number of aromatic hydroxyl groups is 1. The average Bonchev–Trinajstić information content (AvgIpc) is 3.84. The molecule has 4 aromatic carbocycles. The Balaban J connectivity index is 0.000000170. The van der Waals surface area contributed by atoms with Crippen molar-refractivity contribution in [2.75, 3.05) is 0 Å². The van der Waals surface area contributed by atoms with Crippen molar-refractivity contribution in [1.29, 1.82) is 0 Å². The third-order valence-electron chi connectivity index (χ3n) is 12.5. The van der Waals surface area contributed by atoms with Crippen molar-refractivity contribution in [3.63, 3.8) is 0 Å². The molecular formula is C50H45Cl3F6N8O8. The largest absolute Gasteiger partial charge is 0.573 e. The second-order valence-corrected chi connectivity index (χ2v) is 19.4. The Kier molecular flexibility index (Phi) is 15.6. The summed E-state index contributed by atoms with van der Waals surface area (Å²) < 4.78 is 94.7. The summed E-state index contributed by atoms with van der Waals surface area (Å²) in [5.74, 6) is -0.234. The summed E-state index contributed by atoms with van der Waals surface area (Å²) in [5, 5.41) is 10.1. The molecule has 10 rings (SSSR count). The first-order valence-corrected chi connectivity index (χ1v) is 24.1. The molecule has 75 heavy (non-hydrogen) atoms. The lowest BCUT2D eigenvalue weighted by molar-refractivity contribution is -0.275. The maximum atomic E-state index is 13.7. The molecule has 0 atom stereocenters. The number of halogens is 9. The number of hydrogen-bond donors (Lipinski definition) is 1. The Morgan fingerprint density at radius 2 is 1.00 bits per heavy atom. The molecule has 4 aromatic heterocycles. The van der Waals surface area contributed by atoms with Gasteiger partial charge in [-0.05, 0) is 109 Å². The van der Waals surface area contributed by atoms with Crippen molar-refractivity contribution < 1.29 is 45.7 Å². The summed E-state index contributed by atoms with van der Waals surface area (Å²) in [5.41, 5.74) is 0.958. The van der Waals surface area contributed by atoms with E-state index in [9.17, 15) is 45.5 Å². The lowest BCUT2D eigenvalue weighted by atomic mass is 9.82. The molecule has 2 aliphatic rings. The molecule has 2 saturated carbocycles. The summed E-state index contributed by atoms with van der Waals surface area (Å²) in [7, 11) is 3.14. The Morgan fingerprint density at radius 1 is 0.587 bits per heavy atom. The van der Waals surface area contributed by atoms with Crippen LogP contribution in [0.5, 0.6) is 29.0 Å². The molecule has 0 spiro atoms. The summed E-state index contributed by atoms with van der Waals surface area (Å²) in [6, 6.07) is 23.4. The lowest BCUT2D eigenvalue weighted by Gasteiger charge is -2.33. The zero-order valence-corrected chi connectivity index (χ0v) is 42.3. The number of nitrogens with zero attached hydrogens (tertiary/aromatic N) is 8. The van der Waals surface area contributed by atoms with Crippen LogP contribution in [0, 0.1) is 11.8 Å². The number of benzene rings is 4. The van der Waals surface area contributed by atoms with Crippen LogP contribution >= 0.6 is 34.8 Å². The van der Waals surface area contributed by atoms with Gasteiger partial charge in [0.25, 0.3) is 11.1 Å². The summed E-state index contributed by atoms with van der Waals surface area (Å²) in [6.45, 7) is 4.68. The maximum Gasteiger partial charge on any atom is 0.573 e. The molecule has 0 aliphatic heterocycles. The van der Waals surface area contributed by atoms with Crippen molar-refractivity contribution in [2.24, 2.45) is 25.9 Å². The van der Waals surface area contributed by atoms with Gasteiger partial charge in [-0.3, -0.25) is 32.4 Å². The number of phenolic OH excluding ortho intramolecular Hbond substituents is 1. The van der Waals surface area contributed by atoms with Gasteiger partial charge in [-0.1, -0.05) is 73.4 Å². The molecule has 25 heteroatoms. The number of hydrogen-bond acceptors (Lipinski definition) is 10. The lowest BCUT2D eigenvalue weighted by Crippen LogP contribution is -2.45. The molecule has 0 unspecified atom stereocenters. The van der Waals surface area contributed by atoms with Gasteiger partial charge in [0.15, 0.2) is 22.3 Å². The minimum absolute atomic E-state index is 0.00700. The van der Waals surface area contributed by atoms with E-state index in [-0.39, 0.29) is 63.8 Å².